The molecule has 1 aromatic rings. The smallest absolute Gasteiger partial charge is 0.251 e. The summed E-state index contributed by atoms with van der Waals surface area (Å²) in [7, 11) is 1.70. The van der Waals surface area contributed by atoms with Crippen molar-refractivity contribution in [3.05, 3.63) is 28.7 Å². The molecule has 0 radical (unpaired) electrons. The molecule has 6 heteroatoms. The Balaban J connectivity index is 1.93. The summed E-state index contributed by atoms with van der Waals surface area (Å²) in [6, 6.07) is 2.92. The number of anilines is 1. The van der Waals surface area contributed by atoms with Gasteiger partial charge in [0.1, 0.15) is 6.54 Å². The zero-order valence-corrected chi connectivity index (χ0v) is 11.7. The van der Waals surface area contributed by atoms with E-state index in [1.807, 2.05) is 4.90 Å². The van der Waals surface area contributed by atoms with Gasteiger partial charge in [0.25, 0.3) is 5.56 Å². The second-order valence-corrected chi connectivity index (χ2v) is 5.21. The number of hydrogen-bond donors (Lipinski definition) is 1. The van der Waals surface area contributed by atoms with E-state index in [0.717, 1.165) is 32.5 Å². The summed E-state index contributed by atoms with van der Waals surface area (Å²) in [4.78, 5) is 25.6. The fraction of sp³-hybridized carbons (Fsp3) is 0.571. The van der Waals surface area contributed by atoms with Gasteiger partial charge in [-0.2, -0.15) is 0 Å². The highest BCUT2D eigenvalue weighted by atomic mass is 16.5. The average molecular weight is 279 g/mol. The molecule has 2 N–H and O–H groups in total. The predicted octanol–water partition coefficient (Wildman–Crippen LogP) is 0.315. The van der Waals surface area contributed by atoms with Gasteiger partial charge in [0.2, 0.25) is 5.91 Å². The summed E-state index contributed by atoms with van der Waals surface area (Å²) >= 11 is 0. The first-order valence-corrected chi connectivity index (χ1v) is 6.83. The molecule has 0 atom stereocenters. The molecule has 0 aromatic carbocycles. The number of likely N-dealkylation sites (tertiary alicyclic amines) is 1. The van der Waals surface area contributed by atoms with Crippen LogP contribution >= 0.6 is 0 Å². The quantitative estimate of drug-likeness (QED) is 0.861. The number of carbonyl (C=O) groups is 1. The third-order valence-corrected chi connectivity index (χ3v) is 3.68. The van der Waals surface area contributed by atoms with Crippen LogP contribution in [0.4, 0.5) is 5.69 Å². The van der Waals surface area contributed by atoms with Crippen molar-refractivity contribution < 1.29 is 9.53 Å². The molecule has 1 fully saturated rings. The molecule has 2 heterocycles. The summed E-state index contributed by atoms with van der Waals surface area (Å²) in [6.45, 7) is 2.25. The number of nitrogens with zero attached hydrogens (tertiary/aromatic N) is 2. The summed E-state index contributed by atoms with van der Waals surface area (Å²) < 4.78 is 6.50. The van der Waals surface area contributed by atoms with Crippen molar-refractivity contribution in [3.8, 4) is 0 Å². The molecule has 1 aromatic heterocycles. The minimum Gasteiger partial charge on any atom is -0.398 e. The highest BCUT2D eigenvalue weighted by Gasteiger charge is 2.22. The van der Waals surface area contributed by atoms with Gasteiger partial charge in [-0.15, -0.1) is 0 Å². The molecule has 0 unspecified atom stereocenters. The lowest BCUT2D eigenvalue weighted by Crippen LogP contribution is -2.42. The minimum absolute atomic E-state index is 0.0337. The Hall–Kier alpha value is -1.82. The van der Waals surface area contributed by atoms with Crippen LogP contribution in [0.1, 0.15) is 12.8 Å². The van der Waals surface area contributed by atoms with Crippen LogP contribution in [0.25, 0.3) is 0 Å². The molecule has 110 valence electrons. The van der Waals surface area contributed by atoms with Gasteiger partial charge in [0.15, 0.2) is 0 Å². The molecular formula is C14H21N3O3. The molecule has 1 amide bonds. The molecule has 0 aliphatic carbocycles. The van der Waals surface area contributed by atoms with E-state index in [4.69, 9.17) is 10.5 Å². The Bertz CT molecular complexity index is 519. The Morgan fingerprint density at radius 2 is 2.10 bits per heavy atom. The number of amides is 1. The van der Waals surface area contributed by atoms with Gasteiger partial charge in [-0.1, -0.05) is 0 Å². The second kappa shape index (κ2) is 6.56. The summed E-state index contributed by atoms with van der Waals surface area (Å²) in [6.07, 6.45) is 3.41. The van der Waals surface area contributed by atoms with Crippen molar-refractivity contribution >= 4 is 11.6 Å². The van der Waals surface area contributed by atoms with Crippen molar-refractivity contribution in [1.29, 1.82) is 0 Å². The van der Waals surface area contributed by atoms with Crippen molar-refractivity contribution in [2.45, 2.75) is 19.4 Å². The zero-order chi connectivity index (χ0) is 14.5. The molecule has 0 bridgehead atoms. The largest absolute Gasteiger partial charge is 0.398 e. The van der Waals surface area contributed by atoms with Gasteiger partial charge in [-0.05, 0) is 24.8 Å². The molecule has 2 rings (SSSR count). The maximum atomic E-state index is 12.2. The number of piperidine rings is 1. The molecule has 1 aliphatic heterocycles. The topological polar surface area (TPSA) is 77.6 Å². The fourth-order valence-electron chi connectivity index (χ4n) is 2.50. The Labute approximate surface area is 118 Å². The number of nitrogen functional groups attached to an aromatic ring is 1. The van der Waals surface area contributed by atoms with E-state index in [-0.39, 0.29) is 18.0 Å². The van der Waals surface area contributed by atoms with Crippen molar-refractivity contribution in [3.63, 3.8) is 0 Å². The number of methoxy groups -OCH3 is 1. The molecule has 1 aliphatic rings. The molecule has 6 nitrogen and oxygen atoms in total. The second-order valence-electron chi connectivity index (χ2n) is 5.21. The van der Waals surface area contributed by atoms with Gasteiger partial charge in [0, 0.05) is 44.8 Å². The SMILES string of the molecule is COCC1CCN(C(=O)Cn2cc(N)ccc2=O)CC1. The van der Waals surface area contributed by atoms with E-state index in [9.17, 15) is 9.59 Å². The number of carbonyl (C=O) groups excluding carboxylic acids is 1. The highest BCUT2D eigenvalue weighted by molar-refractivity contribution is 5.76. The van der Waals surface area contributed by atoms with Gasteiger partial charge >= 0.3 is 0 Å². The van der Waals surface area contributed by atoms with Crippen LogP contribution in [0.2, 0.25) is 0 Å². The number of rotatable bonds is 4. The summed E-state index contributed by atoms with van der Waals surface area (Å²) in [5.74, 6) is 0.493. The number of aromatic nitrogens is 1. The minimum atomic E-state index is -0.207. The summed E-state index contributed by atoms with van der Waals surface area (Å²) in [5, 5.41) is 0. The van der Waals surface area contributed by atoms with E-state index in [2.05, 4.69) is 0 Å². The van der Waals surface area contributed by atoms with Crippen molar-refractivity contribution in [1.82, 2.24) is 9.47 Å². The van der Waals surface area contributed by atoms with Crippen molar-refractivity contribution in [2.75, 3.05) is 32.5 Å². The lowest BCUT2D eigenvalue weighted by atomic mass is 9.98. The number of ether oxygens (including phenoxy) is 1. The van der Waals surface area contributed by atoms with E-state index >= 15 is 0 Å². The standard InChI is InChI=1S/C14H21N3O3/c1-20-10-11-4-6-16(7-5-11)14(19)9-17-8-12(15)2-3-13(17)18/h2-3,8,11H,4-7,9-10,15H2,1H3. The van der Waals surface area contributed by atoms with Gasteiger partial charge in [-0.25, -0.2) is 0 Å². The van der Waals surface area contributed by atoms with Crippen LogP contribution in [0.15, 0.2) is 23.1 Å². The van der Waals surface area contributed by atoms with Gasteiger partial charge < -0.3 is 19.9 Å². The molecule has 0 saturated carbocycles. The zero-order valence-electron chi connectivity index (χ0n) is 11.7. The van der Waals surface area contributed by atoms with Crippen LogP contribution in [0.3, 0.4) is 0 Å². The van der Waals surface area contributed by atoms with E-state index in [0.29, 0.717) is 11.6 Å². The molecule has 0 spiro atoms. The first-order valence-electron chi connectivity index (χ1n) is 6.83. The molecule has 1 saturated heterocycles. The predicted molar refractivity (Wildman–Crippen MR) is 76.3 cm³/mol. The van der Waals surface area contributed by atoms with Crippen LogP contribution < -0.4 is 11.3 Å². The maximum absolute atomic E-state index is 12.2. The van der Waals surface area contributed by atoms with Crippen molar-refractivity contribution in [2.24, 2.45) is 5.92 Å². The van der Waals surface area contributed by atoms with E-state index < -0.39 is 0 Å². The Morgan fingerprint density at radius 3 is 2.75 bits per heavy atom. The summed E-state index contributed by atoms with van der Waals surface area (Å²) in [5.41, 5.74) is 5.91. The average Bonchev–Trinajstić information content (AvgIpc) is 2.44. The van der Waals surface area contributed by atoms with E-state index in [1.165, 1.54) is 16.8 Å². The van der Waals surface area contributed by atoms with Crippen LogP contribution in [-0.2, 0) is 16.1 Å². The lowest BCUT2D eigenvalue weighted by molar-refractivity contribution is -0.133. The Kier molecular flexibility index (Phi) is 4.79. The van der Waals surface area contributed by atoms with Crippen LogP contribution in [0.5, 0.6) is 0 Å². The Morgan fingerprint density at radius 1 is 1.40 bits per heavy atom. The highest BCUT2D eigenvalue weighted by Crippen LogP contribution is 2.17. The molecular weight excluding hydrogens is 258 g/mol. The number of pyridine rings is 1. The van der Waals surface area contributed by atoms with Crippen LogP contribution in [0, 0.1) is 5.92 Å². The molecule has 20 heavy (non-hydrogen) atoms. The van der Waals surface area contributed by atoms with E-state index in [1.54, 1.807) is 13.2 Å². The monoisotopic (exact) mass is 279 g/mol. The maximum Gasteiger partial charge on any atom is 0.251 e. The van der Waals surface area contributed by atoms with Crippen LogP contribution in [-0.4, -0.2) is 42.2 Å². The first-order chi connectivity index (χ1) is 9.60. The fourth-order valence-corrected chi connectivity index (χ4v) is 2.50. The lowest BCUT2D eigenvalue weighted by Gasteiger charge is -2.31. The van der Waals surface area contributed by atoms with Gasteiger partial charge in [0.05, 0.1) is 0 Å². The van der Waals surface area contributed by atoms with Gasteiger partial charge in [-0.3, -0.25) is 9.59 Å². The number of nitrogens with two attached hydrogens (primary N) is 1. The first kappa shape index (κ1) is 14.6. The number of hydrogen-bond acceptors (Lipinski definition) is 4. The normalized spacial score (nSPS) is 16.4. The third kappa shape index (κ3) is 3.60. The third-order valence-electron chi connectivity index (χ3n) is 3.68.